The Labute approximate surface area is 125 Å². The number of benzene rings is 1. The number of rotatable bonds is 4. The summed E-state index contributed by atoms with van der Waals surface area (Å²) in [7, 11) is -0.715. The maximum Gasteiger partial charge on any atom is 0.251 e. The molecule has 0 bridgehead atoms. The molecule has 6 nitrogen and oxygen atoms in total. The summed E-state index contributed by atoms with van der Waals surface area (Å²) in [6.07, 6.45) is 2.76. The molecule has 1 aromatic rings. The molecule has 116 valence electrons. The molecule has 1 amide bonds. The van der Waals surface area contributed by atoms with Crippen LogP contribution >= 0.6 is 0 Å². The second-order valence-electron chi connectivity index (χ2n) is 4.91. The molecule has 1 N–H and O–H groups in total. The van der Waals surface area contributed by atoms with Gasteiger partial charge in [-0.15, -0.1) is 0 Å². The largest absolute Gasteiger partial charge is 0.495 e. The number of carbonyl (C=O) groups is 1. The van der Waals surface area contributed by atoms with E-state index < -0.39 is 10.0 Å². The molecule has 0 aliphatic carbocycles. The third kappa shape index (κ3) is 3.19. The van der Waals surface area contributed by atoms with Crippen LogP contribution in [0.1, 0.15) is 29.6 Å². The molecule has 21 heavy (non-hydrogen) atoms. The molecule has 2 rings (SSSR count). The Bertz CT molecular complexity index is 622. The molecule has 1 aliphatic heterocycles. The van der Waals surface area contributed by atoms with Crippen LogP contribution in [0.15, 0.2) is 23.1 Å². The van der Waals surface area contributed by atoms with Crippen LogP contribution in [0, 0.1) is 0 Å². The van der Waals surface area contributed by atoms with Crippen molar-refractivity contribution < 1.29 is 17.9 Å². The van der Waals surface area contributed by atoms with Crippen molar-refractivity contribution in [3.05, 3.63) is 23.8 Å². The number of piperidine rings is 1. The zero-order chi connectivity index (χ0) is 15.5. The van der Waals surface area contributed by atoms with Crippen molar-refractivity contribution in [1.29, 1.82) is 0 Å². The number of hydrogen-bond acceptors (Lipinski definition) is 4. The first kappa shape index (κ1) is 15.8. The molecule has 0 aromatic heterocycles. The van der Waals surface area contributed by atoms with Gasteiger partial charge >= 0.3 is 0 Å². The van der Waals surface area contributed by atoms with Gasteiger partial charge in [0.2, 0.25) is 10.0 Å². The van der Waals surface area contributed by atoms with E-state index >= 15 is 0 Å². The van der Waals surface area contributed by atoms with E-state index in [0.717, 1.165) is 19.3 Å². The van der Waals surface area contributed by atoms with Crippen LogP contribution in [0.25, 0.3) is 0 Å². The number of amides is 1. The number of methoxy groups -OCH3 is 1. The van der Waals surface area contributed by atoms with Crippen molar-refractivity contribution >= 4 is 15.9 Å². The molecule has 1 aliphatic rings. The minimum atomic E-state index is -3.64. The zero-order valence-electron chi connectivity index (χ0n) is 12.3. The molecule has 0 atom stereocenters. The van der Waals surface area contributed by atoms with Gasteiger partial charge in [0.05, 0.1) is 7.11 Å². The van der Waals surface area contributed by atoms with Crippen LogP contribution in [0.2, 0.25) is 0 Å². The van der Waals surface area contributed by atoms with Gasteiger partial charge in [-0.2, -0.15) is 4.31 Å². The molecule has 0 saturated carbocycles. The van der Waals surface area contributed by atoms with Gasteiger partial charge < -0.3 is 10.1 Å². The lowest BCUT2D eigenvalue weighted by molar-refractivity contribution is 0.0963. The number of nitrogens with zero attached hydrogens (tertiary/aromatic N) is 1. The van der Waals surface area contributed by atoms with Gasteiger partial charge in [-0.05, 0) is 31.0 Å². The lowest BCUT2D eigenvalue weighted by atomic mass is 10.2. The minimum Gasteiger partial charge on any atom is -0.495 e. The van der Waals surface area contributed by atoms with Crippen molar-refractivity contribution in [2.24, 2.45) is 0 Å². The fraction of sp³-hybridized carbons (Fsp3) is 0.500. The Hall–Kier alpha value is -1.60. The van der Waals surface area contributed by atoms with Crippen LogP contribution in [0.4, 0.5) is 0 Å². The standard InChI is InChI=1S/C14H20N2O4S/c1-15-14(17)11-6-7-12(20-2)13(10-11)21(18,19)16-8-4-3-5-9-16/h6-7,10H,3-5,8-9H2,1-2H3,(H,15,17). The highest BCUT2D eigenvalue weighted by molar-refractivity contribution is 7.89. The van der Waals surface area contributed by atoms with Gasteiger partial charge in [0, 0.05) is 25.7 Å². The Balaban J connectivity index is 2.46. The van der Waals surface area contributed by atoms with E-state index in [4.69, 9.17) is 4.74 Å². The lowest BCUT2D eigenvalue weighted by Gasteiger charge is -2.26. The Morgan fingerprint density at radius 1 is 1.24 bits per heavy atom. The third-order valence-electron chi connectivity index (χ3n) is 3.59. The monoisotopic (exact) mass is 312 g/mol. The van der Waals surface area contributed by atoms with E-state index in [1.807, 2.05) is 0 Å². The lowest BCUT2D eigenvalue weighted by Crippen LogP contribution is -2.36. The van der Waals surface area contributed by atoms with Gasteiger partial charge in [0.15, 0.2) is 0 Å². The van der Waals surface area contributed by atoms with Crippen molar-refractivity contribution in [3.8, 4) is 5.75 Å². The summed E-state index contributed by atoms with van der Waals surface area (Å²) in [5, 5.41) is 2.49. The maximum absolute atomic E-state index is 12.7. The molecule has 0 unspecified atom stereocenters. The summed E-state index contributed by atoms with van der Waals surface area (Å²) in [6.45, 7) is 1.02. The van der Waals surface area contributed by atoms with Crippen molar-refractivity contribution in [1.82, 2.24) is 9.62 Å². The SMILES string of the molecule is CNC(=O)c1ccc(OC)c(S(=O)(=O)N2CCCCC2)c1. The Morgan fingerprint density at radius 3 is 2.48 bits per heavy atom. The summed E-state index contributed by atoms with van der Waals surface area (Å²) in [4.78, 5) is 11.8. The smallest absolute Gasteiger partial charge is 0.251 e. The van der Waals surface area contributed by atoms with Crippen molar-refractivity contribution in [2.45, 2.75) is 24.2 Å². The number of sulfonamides is 1. The van der Waals surface area contributed by atoms with Crippen molar-refractivity contribution in [3.63, 3.8) is 0 Å². The highest BCUT2D eigenvalue weighted by Gasteiger charge is 2.29. The van der Waals surface area contributed by atoms with E-state index in [1.54, 1.807) is 6.07 Å². The summed E-state index contributed by atoms with van der Waals surface area (Å²) < 4.78 is 32.1. The number of carbonyl (C=O) groups excluding carboxylic acids is 1. The molecule has 7 heteroatoms. The van der Waals surface area contributed by atoms with Crippen LogP contribution in [0.5, 0.6) is 5.75 Å². The fourth-order valence-electron chi connectivity index (χ4n) is 2.41. The minimum absolute atomic E-state index is 0.0491. The van der Waals surface area contributed by atoms with Crippen LogP contribution in [-0.2, 0) is 10.0 Å². The molecule has 0 radical (unpaired) electrons. The number of hydrogen-bond donors (Lipinski definition) is 1. The summed E-state index contributed by atoms with van der Waals surface area (Å²) >= 11 is 0. The summed E-state index contributed by atoms with van der Waals surface area (Å²) in [5.74, 6) is -0.0685. The predicted octanol–water partition coefficient (Wildman–Crippen LogP) is 1.23. The summed E-state index contributed by atoms with van der Waals surface area (Å²) in [5.41, 5.74) is 0.300. The average molecular weight is 312 g/mol. The molecule has 0 spiro atoms. The van der Waals surface area contributed by atoms with Crippen LogP contribution in [0.3, 0.4) is 0 Å². The fourth-order valence-corrected chi connectivity index (χ4v) is 4.11. The molecular formula is C14H20N2O4S. The predicted molar refractivity (Wildman–Crippen MR) is 79.0 cm³/mol. The normalized spacial score (nSPS) is 16.5. The van der Waals surface area contributed by atoms with E-state index in [1.165, 1.54) is 30.6 Å². The van der Waals surface area contributed by atoms with Gasteiger partial charge in [0.25, 0.3) is 5.91 Å². The first-order valence-corrected chi connectivity index (χ1v) is 8.35. The molecule has 1 aromatic carbocycles. The molecule has 1 heterocycles. The quantitative estimate of drug-likeness (QED) is 0.907. The molecule has 1 fully saturated rings. The highest BCUT2D eigenvalue weighted by atomic mass is 32.2. The van der Waals surface area contributed by atoms with Gasteiger partial charge in [0.1, 0.15) is 10.6 Å². The van der Waals surface area contributed by atoms with Crippen LogP contribution in [-0.4, -0.2) is 45.9 Å². The maximum atomic E-state index is 12.7. The second kappa shape index (κ2) is 6.44. The molecular weight excluding hydrogens is 292 g/mol. The Kier molecular flexibility index (Phi) is 4.84. The molecule has 1 saturated heterocycles. The van der Waals surface area contributed by atoms with E-state index in [2.05, 4.69) is 5.32 Å². The zero-order valence-corrected chi connectivity index (χ0v) is 13.1. The summed E-state index contributed by atoms with van der Waals surface area (Å²) in [6, 6.07) is 4.44. The van der Waals surface area contributed by atoms with E-state index in [9.17, 15) is 13.2 Å². The first-order valence-electron chi connectivity index (χ1n) is 6.91. The third-order valence-corrected chi connectivity index (χ3v) is 5.51. The van der Waals surface area contributed by atoms with Gasteiger partial charge in [-0.25, -0.2) is 8.42 Å². The Morgan fingerprint density at radius 2 is 1.90 bits per heavy atom. The van der Waals surface area contributed by atoms with E-state index in [-0.39, 0.29) is 16.6 Å². The van der Waals surface area contributed by atoms with Gasteiger partial charge in [-0.3, -0.25) is 4.79 Å². The number of ether oxygens (including phenoxy) is 1. The first-order chi connectivity index (χ1) is 10.0. The second-order valence-corrected chi connectivity index (χ2v) is 6.82. The van der Waals surface area contributed by atoms with Crippen molar-refractivity contribution in [2.75, 3.05) is 27.2 Å². The van der Waals surface area contributed by atoms with Gasteiger partial charge in [-0.1, -0.05) is 6.42 Å². The topological polar surface area (TPSA) is 75.7 Å². The number of nitrogens with one attached hydrogen (secondary N) is 1. The highest BCUT2D eigenvalue weighted by Crippen LogP contribution is 2.29. The average Bonchev–Trinajstić information content (AvgIpc) is 2.54. The van der Waals surface area contributed by atoms with Crippen LogP contribution < -0.4 is 10.1 Å². The van der Waals surface area contributed by atoms with E-state index in [0.29, 0.717) is 18.7 Å².